The van der Waals surface area contributed by atoms with E-state index in [4.69, 9.17) is 16.6 Å². The molecule has 2 rings (SSSR count). The quantitative estimate of drug-likeness (QED) is 0.784. The molecule has 1 aromatic rings. The Morgan fingerprint density at radius 2 is 2.14 bits per heavy atom. The number of piperidine rings is 1. The highest BCUT2D eigenvalue weighted by atomic mass is 19.1. The third-order valence-corrected chi connectivity index (χ3v) is 4.14. The van der Waals surface area contributed by atoms with Crippen LogP contribution in [0.4, 0.5) is 9.18 Å². The monoisotopic (exact) mass is 309 g/mol. The van der Waals surface area contributed by atoms with E-state index in [0.29, 0.717) is 24.9 Å². The minimum atomic E-state index is -0.866. The number of amides is 2. The summed E-state index contributed by atoms with van der Waals surface area (Å²) in [5, 5.41) is 8.96. The van der Waals surface area contributed by atoms with Crippen molar-refractivity contribution in [2.75, 3.05) is 6.54 Å². The van der Waals surface area contributed by atoms with Crippen molar-refractivity contribution in [3.63, 3.8) is 0 Å². The molecule has 7 heteroatoms. The Balaban J connectivity index is 2.33. The molecule has 1 heterocycles. The Hall–Kier alpha value is -2.15. The highest BCUT2D eigenvalue weighted by molar-refractivity contribution is 5.73. The Bertz CT molecular complexity index is 579. The van der Waals surface area contributed by atoms with Gasteiger partial charge in [-0.15, -0.1) is 0 Å². The molecule has 1 aromatic carbocycles. The van der Waals surface area contributed by atoms with E-state index in [0.717, 1.165) is 5.56 Å². The van der Waals surface area contributed by atoms with Gasteiger partial charge in [-0.2, -0.15) is 0 Å². The van der Waals surface area contributed by atoms with Crippen LogP contribution in [0.25, 0.3) is 0 Å². The SMILES string of the molecule is NCc1cc(F)ccc1C1CC(CC(=O)O)CCN1C(N)=O. The lowest BCUT2D eigenvalue weighted by atomic mass is 9.84. The summed E-state index contributed by atoms with van der Waals surface area (Å²) in [5.41, 5.74) is 12.4. The molecular weight excluding hydrogens is 289 g/mol. The van der Waals surface area contributed by atoms with Crippen LogP contribution in [0, 0.1) is 11.7 Å². The van der Waals surface area contributed by atoms with Gasteiger partial charge in [0.25, 0.3) is 0 Å². The molecule has 0 bridgehead atoms. The van der Waals surface area contributed by atoms with Crippen molar-refractivity contribution in [1.82, 2.24) is 4.90 Å². The predicted molar refractivity (Wildman–Crippen MR) is 78.3 cm³/mol. The van der Waals surface area contributed by atoms with Crippen LogP contribution < -0.4 is 11.5 Å². The summed E-state index contributed by atoms with van der Waals surface area (Å²) in [6.45, 7) is 0.527. The molecule has 1 aliphatic heterocycles. The summed E-state index contributed by atoms with van der Waals surface area (Å²) in [5.74, 6) is -1.31. The number of urea groups is 1. The van der Waals surface area contributed by atoms with Crippen LogP contribution in [0.5, 0.6) is 0 Å². The van der Waals surface area contributed by atoms with E-state index in [-0.39, 0.29) is 24.9 Å². The average molecular weight is 309 g/mol. The van der Waals surface area contributed by atoms with Crippen LogP contribution in [-0.2, 0) is 11.3 Å². The van der Waals surface area contributed by atoms with Crippen LogP contribution in [0.2, 0.25) is 0 Å². The molecule has 0 saturated carbocycles. The maximum absolute atomic E-state index is 13.4. The second-order valence-electron chi connectivity index (χ2n) is 5.58. The first-order valence-electron chi connectivity index (χ1n) is 7.18. The summed E-state index contributed by atoms with van der Waals surface area (Å²) in [6, 6.07) is 3.33. The van der Waals surface area contributed by atoms with Gasteiger partial charge in [-0.25, -0.2) is 9.18 Å². The largest absolute Gasteiger partial charge is 0.481 e. The minimum absolute atomic E-state index is 0.0439. The van der Waals surface area contributed by atoms with Crippen LogP contribution >= 0.6 is 0 Å². The fourth-order valence-electron chi connectivity index (χ4n) is 3.11. The number of likely N-dealkylation sites (tertiary alicyclic amines) is 1. The Kier molecular flexibility index (Phi) is 4.97. The number of carboxylic acids is 1. The molecule has 6 nitrogen and oxygen atoms in total. The number of nitrogens with zero attached hydrogens (tertiary/aromatic N) is 1. The van der Waals surface area contributed by atoms with Crippen LogP contribution in [0.15, 0.2) is 18.2 Å². The lowest BCUT2D eigenvalue weighted by Crippen LogP contribution is -2.44. The van der Waals surface area contributed by atoms with E-state index < -0.39 is 17.8 Å². The van der Waals surface area contributed by atoms with Gasteiger partial charge in [0.2, 0.25) is 0 Å². The van der Waals surface area contributed by atoms with Crippen molar-refractivity contribution >= 4 is 12.0 Å². The number of halogens is 1. The van der Waals surface area contributed by atoms with Gasteiger partial charge in [-0.1, -0.05) is 6.07 Å². The molecule has 1 aliphatic rings. The van der Waals surface area contributed by atoms with Gasteiger partial charge in [0.1, 0.15) is 5.82 Å². The average Bonchev–Trinajstić information content (AvgIpc) is 2.46. The molecule has 2 amide bonds. The molecule has 22 heavy (non-hydrogen) atoms. The van der Waals surface area contributed by atoms with E-state index in [9.17, 15) is 14.0 Å². The molecule has 0 aliphatic carbocycles. The van der Waals surface area contributed by atoms with Gasteiger partial charge in [0.05, 0.1) is 6.04 Å². The first-order chi connectivity index (χ1) is 10.4. The van der Waals surface area contributed by atoms with E-state index >= 15 is 0 Å². The van der Waals surface area contributed by atoms with Crippen molar-refractivity contribution in [2.24, 2.45) is 17.4 Å². The van der Waals surface area contributed by atoms with Crippen molar-refractivity contribution < 1.29 is 19.1 Å². The van der Waals surface area contributed by atoms with Crippen molar-refractivity contribution in [2.45, 2.75) is 31.8 Å². The number of hydrogen-bond acceptors (Lipinski definition) is 3. The van der Waals surface area contributed by atoms with Gasteiger partial charge >= 0.3 is 12.0 Å². The summed E-state index contributed by atoms with van der Waals surface area (Å²) in [6.07, 6.45) is 1.11. The second-order valence-corrected chi connectivity index (χ2v) is 5.58. The first kappa shape index (κ1) is 16.2. The fourth-order valence-corrected chi connectivity index (χ4v) is 3.11. The highest BCUT2D eigenvalue weighted by Gasteiger charge is 2.33. The number of aliphatic carboxylic acids is 1. The van der Waals surface area contributed by atoms with E-state index in [2.05, 4.69) is 0 Å². The number of nitrogens with two attached hydrogens (primary N) is 2. The number of benzene rings is 1. The van der Waals surface area contributed by atoms with E-state index in [1.807, 2.05) is 0 Å². The zero-order valence-electron chi connectivity index (χ0n) is 12.2. The Morgan fingerprint density at radius 1 is 1.41 bits per heavy atom. The highest BCUT2D eigenvalue weighted by Crippen LogP contribution is 2.37. The summed E-state index contributed by atoms with van der Waals surface area (Å²) in [7, 11) is 0. The number of rotatable bonds is 4. The van der Waals surface area contributed by atoms with Gasteiger partial charge < -0.3 is 21.5 Å². The topological polar surface area (TPSA) is 110 Å². The van der Waals surface area contributed by atoms with Crippen LogP contribution in [-0.4, -0.2) is 28.6 Å². The molecule has 1 saturated heterocycles. The maximum Gasteiger partial charge on any atom is 0.315 e. The van der Waals surface area contributed by atoms with Crippen molar-refractivity contribution in [3.8, 4) is 0 Å². The van der Waals surface area contributed by atoms with Crippen molar-refractivity contribution in [3.05, 3.63) is 35.1 Å². The fraction of sp³-hybridized carbons (Fsp3) is 0.467. The normalized spacial score (nSPS) is 21.6. The summed E-state index contributed by atoms with van der Waals surface area (Å²) < 4.78 is 13.4. The molecule has 5 N–H and O–H groups in total. The van der Waals surface area contributed by atoms with E-state index in [1.54, 1.807) is 6.07 Å². The molecule has 0 spiro atoms. The molecule has 0 aromatic heterocycles. The molecule has 0 radical (unpaired) electrons. The lowest BCUT2D eigenvalue weighted by Gasteiger charge is -2.39. The first-order valence-corrected chi connectivity index (χ1v) is 7.18. The number of hydrogen-bond donors (Lipinski definition) is 3. The Labute approximate surface area is 127 Å². The smallest absolute Gasteiger partial charge is 0.315 e. The minimum Gasteiger partial charge on any atom is -0.481 e. The molecule has 2 unspecified atom stereocenters. The molecule has 2 atom stereocenters. The molecule has 1 fully saturated rings. The maximum atomic E-state index is 13.4. The van der Waals surface area contributed by atoms with Gasteiger partial charge in [-0.3, -0.25) is 4.79 Å². The number of carbonyl (C=O) groups excluding carboxylic acids is 1. The number of primary amides is 1. The third-order valence-electron chi connectivity index (χ3n) is 4.14. The third kappa shape index (κ3) is 3.54. The van der Waals surface area contributed by atoms with E-state index in [1.165, 1.54) is 17.0 Å². The van der Waals surface area contributed by atoms with Gasteiger partial charge in [-0.05, 0) is 42.0 Å². The standard InChI is InChI=1S/C15H20FN3O3/c16-11-1-2-12(10(7-11)8-17)13-5-9(6-14(20)21)3-4-19(13)15(18)22/h1-2,7,9,13H,3-6,8,17H2,(H2,18,22)(H,20,21). The van der Waals surface area contributed by atoms with Gasteiger partial charge in [0, 0.05) is 19.5 Å². The predicted octanol–water partition coefficient (Wildman–Crippen LogP) is 1.59. The molecular formula is C15H20FN3O3. The Morgan fingerprint density at radius 3 is 2.73 bits per heavy atom. The van der Waals surface area contributed by atoms with Crippen LogP contribution in [0.1, 0.15) is 36.4 Å². The summed E-state index contributed by atoms with van der Waals surface area (Å²) in [4.78, 5) is 24.1. The zero-order valence-corrected chi connectivity index (χ0v) is 12.2. The number of carbonyl (C=O) groups is 2. The van der Waals surface area contributed by atoms with Crippen molar-refractivity contribution in [1.29, 1.82) is 0 Å². The summed E-state index contributed by atoms with van der Waals surface area (Å²) >= 11 is 0. The molecule has 120 valence electrons. The van der Waals surface area contributed by atoms with Gasteiger partial charge in [0.15, 0.2) is 0 Å². The second kappa shape index (κ2) is 6.74. The number of carboxylic acid groups (broad SMARTS) is 1. The van der Waals surface area contributed by atoms with Crippen LogP contribution in [0.3, 0.4) is 0 Å². The lowest BCUT2D eigenvalue weighted by molar-refractivity contribution is -0.138. The zero-order chi connectivity index (χ0) is 16.3.